The van der Waals surface area contributed by atoms with Crippen molar-refractivity contribution in [3.8, 4) is 0 Å². The highest BCUT2D eigenvalue weighted by molar-refractivity contribution is 5.75. The van der Waals surface area contributed by atoms with Crippen LogP contribution in [0.5, 0.6) is 0 Å². The molecular formula is C13H22N2O3. The van der Waals surface area contributed by atoms with Crippen LogP contribution in [-0.4, -0.2) is 41.1 Å². The van der Waals surface area contributed by atoms with E-state index in [0.717, 1.165) is 32.4 Å². The van der Waals surface area contributed by atoms with Crippen molar-refractivity contribution in [2.45, 2.75) is 45.1 Å². The highest BCUT2D eigenvalue weighted by atomic mass is 16.4. The molecule has 5 heteroatoms. The van der Waals surface area contributed by atoms with Crippen LogP contribution in [0.1, 0.15) is 39.0 Å². The van der Waals surface area contributed by atoms with Crippen LogP contribution in [0.4, 0.5) is 4.79 Å². The van der Waals surface area contributed by atoms with Crippen LogP contribution in [0.2, 0.25) is 0 Å². The van der Waals surface area contributed by atoms with Gasteiger partial charge in [-0.3, -0.25) is 4.79 Å². The van der Waals surface area contributed by atoms with Crippen molar-refractivity contribution in [1.29, 1.82) is 0 Å². The van der Waals surface area contributed by atoms with E-state index in [1.54, 1.807) is 0 Å². The van der Waals surface area contributed by atoms with Gasteiger partial charge in [0.25, 0.3) is 0 Å². The van der Waals surface area contributed by atoms with Crippen LogP contribution in [0.15, 0.2) is 0 Å². The second-order valence-electron chi connectivity index (χ2n) is 5.66. The molecule has 1 aliphatic carbocycles. The molecule has 1 heterocycles. The fourth-order valence-corrected chi connectivity index (χ4v) is 2.81. The van der Waals surface area contributed by atoms with Gasteiger partial charge in [0, 0.05) is 19.1 Å². The smallest absolute Gasteiger partial charge is 0.317 e. The third-order valence-corrected chi connectivity index (χ3v) is 4.18. The molecule has 2 unspecified atom stereocenters. The molecule has 0 spiro atoms. The standard InChI is InChI=1S/C13H22N2O3/c1-9-4-6-15(7-5-9)13(18)14-11-3-2-10(8-11)12(16)17/h9-11H,2-8H2,1H3,(H,14,18)(H,16,17). The van der Waals surface area contributed by atoms with Gasteiger partial charge in [-0.1, -0.05) is 6.92 Å². The zero-order valence-corrected chi connectivity index (χ0v) is 10.9. The summed E-state index contributed by atoms with van der Waals surface area (Å²) in [5.41, 5.74) is 0. The van der Waals surface area contributed by atoms with E-state index in [1.807, 2.05) is 4.90 Å². The zero-order valence-electron chi connectivity index (χ0n) is 10.9. The van der Waals surface area contributed by atoms with Crippen molar-refractivity contribution in [1.82, 2.24) is 10.2 Å². The van der Waals surface area contributed by atoms with E-state index in [9.17, 15) is 9.59 Å². The van der Waals surface area contributed by atoms with Gasteiger partial charge in [0.05, 0.1) is 5.92 Å². The molecule has 1 saturated carbocycles. The molecule has 2 N–H and O–H groups in total. The summed E-state index contributed by atoms with van der Waals surface area (Å²) in [5, 5.41) is 11.9. The minimum Gasteiger partial charge on any atom is -0.481 e. The molecule has 0 aromatic carbocycles. The number of nitrogens with zero attached hydrogens (tertiary/aromatic N) is 1. The first-order valence-electron chi connectivity index (χ1n) is 6.84. The topological polar surface area (TPSA) is 69.6 Å². The molecule has 2 rings (SSSR count). The Hall–Kier alpha value is -1.26. The zero-order chi connectivity index (χ0) is 13.1. The predicted octanol–water partition coefficient (Wildman–Crippen LogP) is 1.68. The van der Waals surface area contributed by atoms with Gasteiger partial charge in [-0.05, 0) is 38.0 Å². The Morgan fingerprint density at radius 2 is 1.83 bits per heavy atom. The minimum absolute atomic E-state index is 0.0158. The Morgan fingerprint density at radius 1 is 1.17 bits per heavy atom. The lowest BCUT2D eigenvalue weighted by Gasteiger charge is -2.31. The molecule has 0 radical (unpaired) electrons. The molecule has 0 bridgehead atoms. The van der Waals surface area contributed by atoms with Gasteiger partial charge in [-0.2, -0.15) is 0 Å². The second-order valence-corrected chi connectivity index (χ2v) is 5.66. The average molecular weight is 254 g/mol. The number of carboxylic acids is 1. The summed E-state index contributed by atoms with van der Waals surface area (Å²) in [5.74, 6) is -0.313. The number of likely N-dealkylation sites (tertiary alicyclic amines) is 1. The number of hydrogen-bond donors (Lipinski definition) is 2. The SMILES string of the molecule is CC1CCN(C(=O)NC2CCC(C(=O)O)C2)CC1. The molecule has 2 fully saturated rings. The molecular weight excluding hydrogens is 232 g/mol. The Bertz CT molecular complexity index is 324. The number of amides is 2. The van der Waals surface area contributed by atoms with Crippen molar-refractivity contribution in [3.63, 3.8) is 0 Å². The summed E-state index contributed by atoms with van der Waals surface area (Å²) >= 11 is 0. The van der Waals surface area contributed by atoms with E-state index in [0.29, 0.717) is 18.8 Å². The first-order chi connectivity index (χ1) is 8.56. The summed E-state index contributed by atoms with van der Waals surface area (Å²) in [6.45, 7) is 3.85. The Balaban J connectivity index is 1.76. The minimum atomic E-state index is -0.737. The first-order valence-corrected chi connectivity index (χ1v) is 6.84. The van der Waals surface area contributed by atoms with Gasteiger partial charge in [0.15, 0.2) is 0 Å². The summed E-state index contributed by atoms with van der Waals surface area (Å²) in [6, 6.07) is 0.0240. The molecule has 0 aromatic rings. The fraction of sp³-hybridized carbons (Fsp3) is 0.846. The molecule has 1 saturated heterocycles. The highest BCUT2D eigenvalue weighted by Crippen LogP contribution is 2.26. The third kappa shape index (κ3) is 3.15. The lowest BCUT2D eigenvalue weighted by Crippen LogP contribution is -2.47. The fourth-order valence-electron chi connectivity index (χ4n) is 2.81. The largest absolute Gasteiger partial charge is 0.481 e. The molecule has 18 heavy (non-hydrogen) atoms. The number of aliphatic carboxylic acids is 1. The number of hydrogen-bond acceptors (Lipinski definition) is 2. The molecule has 0 aromatic heterocycles. The number of carboxylic acid groups (broad SMARTS) is 1. The molecule has 1 aliphatic heterocycles. The Kier molecular flexibility index (Phi) is 4.09. The molecule has 2 atom stereocenters. The monoisotopic (exact) mass is 254 g/mol. The lowest BCUT2D eigenvalue weighted by atomic mass is 10.00. The van der Waals surface area contributed by atoms with Crippen molar-refractivity contribution >= 4 is 12.0 Å². The quantitative estimate of drug-likeness (QED) is 0.787. The van der Waals surface area contributed by atoms with Crippen LogP contribution < -0.4 is 5.32 Å². The van der Waals surface area contributed by atoms with Crippen molar-refractivity contribution in [2.24, 2.45) is 11.8 Å². The molecule has 2 amide bonds. The van der Waals surface area contributed by atoms with Gasteiger partial charge in [0.2, 0.25) is 0 Å². The van der Waals surface area contributed by atoms with Gasteiger partial charge in [-0.15, -0.1) is 0 Å². The predicted molar refractivity (Wildman–Crippen MR) is 67.3 cm³/mol. The molecule has 102 valence electrons. The van der Waals surface area contributed by atoms with Crippen molar-refractivity contribution in [3.05, 3.63) is 0 Å². The Labute approximate surface area is 108 Å². The summed E-state index contributed by atoms with van der Waals surface area (Å²) in [6.07, 6.45) is 4.17. The molecule has 5 nitrogen and oxygen atoms in total. The number of carbonyl (C=O) groups excluding carboxylic acids is 1. The number of urea groups is 1. The van der Waals surface area contributed by atoms with E-state index in [2.05, 4.69) is 12.2 Å². The van der Waals surface area contributed by atoms with Crippen molar-refractivity contribution in [2.75, 3.05) is 13.1 Å². The first kappa shape index (κ1) is 13.2. The average Bonchev–Trinajstić information content (AvgIpc) is 2.78. The number of carbonyl (C=O) groups is 2. The van der Waals surface area contributed by atoms with Crippen LogP contribution in [0.25, 0.3) is 0 Å². The molecule has 2 aliphatic rings. The van der Waals surface area contributed by atoms with Crippen LogP contribution in [0, 0.1) is 11.8 Å². The maximum absolute atomic E-state index is 12.0. The second kappa shape index (κ2) is 5.59. The maximum Gasteiger partial charge on any atom is 0.317 e. The van der Waals surface area contributed by atoms with E-state index < -0.39 is 5.97 Å². The van der Waals surface area contributed by atoms with E-state index in [1.165, 1.54) is 0 Å². The summed E-state index contributed by atoms with van der Waals surface area (Å²) in [7, 11) is 0. The number of rotatable bonds is 2. The lowest BCUT2D eigenvalue weighted by molar-refractivity contribution is -0.141. The van der Waals surface area contributed by atoms with Crippen LogP contribution in [-0.2, 0) is 4.79 Å². The summed E-state index contributed by atoms with van der Waals surface area (Å²) < 4.78 is 0. The highest BCUT2D eigenvalue weighted by Gasteiger charge is 2.31. The Morgan fingerprint density at radius 3 is 2.39 bits per heavy atom. The van der Waals surface area contributed by atoms with Crippen LogP contribution in [0.3, 0.4) is 0 Å². The van der Waals surface area contributed by atoms with E-state index in [-0.39, 0.29) is 18.0 Å². The number of piperidine rings is 1. The van der Waals surface area contributed by atoms with Gasteiger partial charge < -0.3 is 15.3 Å². The normalized spacial score (nSPS) is 29.3. The third-order valence-electron chi connectivity index (χ3n) is 4.18. The van der Waals surface area contributed by atoms with Gasteiger partial charge in [-0.25, -0.2) is 4.79 Å². The van der Waals surface area contributed by atoms with Gasteiger partial charge in [0.1, 0.15) is 0 Å². The summed E-state index contributed by atoms with van der Waals surface area (Å²) in [4.78, 5) is 24.7. The van der Waals surface area contributed by atoms with E-state index in [4.69, 9.17) is 5.11 Å². The number of nitrogens with one attached hydrogen (secondary N) is 1. The van der Waals surface area contributed by atoms with E-state index >= 15 is 0 Å². The van der Waals surface area contributed by atoms with Crippen LogP contribution >= 0.6 is 0 Å². The van der Waals surface area contributed by atoms with Crippen molar-refractivity contribution < 1.29 is 14.7 Å². The maximum atomic E-state index is 12.0. The van der Waals surface area contributed by atoms with Gasteiger partial charge >= 0.3 is 12.0 Å².